The maximum absolute atomic E-state index is 12.6. The van der Waals surface area contributed by atoms with Crippen LogP contribution in [0.15, 0.2) is 28.7 Å². The van der Waals surface area contributed by atoms with Crippen LogP contribution in [0.2, 0.25) is 0 Å². The fourth-order valence-corrected chi connectivity index (χ4v) is 3.76. The number of furan rings is 1. The van der Waals surface area contributed by atoms with Gasteiger partial charge in [0, 0.05) is 30.6 Å². The van der Waals surface area contributed by atoms with Crippen LogP contribution in [-0.2, 0) is 20.9 Å². The number of esters is 1. The molecule has 1 aliphatic heterocycles. The summed E-state index contributed by atoms with van der Waals surface area (Å²) in [6.45, 7) is 8.09. The molecule has 0 spiro atoms. The second kappa shape index (κ2) is 8.57. The van der Waals surface area contributed by atoms with Crippen molar-refractivity contribution in [2.45, 2.75) is 33.8 Å². The second-order valence-electron chi connectivity index (χ2n) is 7.36. The van der Waals surface area contributed by atoms with E-state index in [2.05, 4.69) is 13.8 Å². The first-order chi connectivity index (χ1) is 13.0. The van der Waals surface area contributed by atoms with Gasteiger partial charge in [0.2, 0.25) is 5.76 Å². The minimum atomic E-state index is -0.632. The first-order valence-corrected chi connectivity index (χ1v) is 9.52. The Hall–Kier alpha value is -2.34. The minimum absolute atomic E-state index is 0.109. The molecule has 1 aliphatic rings. The zero-order chi connectivity index (χ0) is 19.4. The van der Waals surface area contributed by atoms with Crippen LogP contribution in [0.5, 0.6) is 0 Å². The maximum atomic E-state index is 12.6. The molecule has 3 rings (SSSR count). The molecule has 0 aliphatic carbocycles. The van der Waals surface area contributed by atoms with Crippen molar-refractivity contribution >= 4 is 22.8 Å². The van der Waals surface area contributed by atoms with Crippen LogP contribution in [0.25, 0.3) is 11.0 Å². The van der Waals surface area contributed by atoms with Crippen molar-refractivity contribution < 1.29 is 23.5 Å². The summed E-state index contributed by atoms with van der Waals surface area (Å²) in [4.78, 5) is 26.8. The lowest BCUT2D eigenvalue weighted by atomic mass is 9.92. The van der Waals surface area contributed by atoms with E-state index in [1.807, 2.05) is 25.1 Å². The summed E-state index contributed by atoms with van der Waals surface area (Å²) in [6.07, 6.45) is 1.11. The van der Waals surface area contributed by atoms with Crippen LogP contribution in [0.3, 0.4) is 0 Å². The van der Waals surface area contributed by atoms with E-state index in [-0.39, 0.29) is 24.9 Å². The normalized spacial score (nSPS) is 20.0. The third-order valence-corrected chi connectivity index (χ3v) is 4.88. The molecule has 0 N–H and O–H groups in total. The molecule has 0 unspecified atom stereocenters. The fraction of sp³-hybridized carbons (Fsp3) is 0.524. The smallest absolute Gasteiger partial charge is 0.375 e. The first-order valence-electron chi connectivity index (χ1n) is 9.52. The van der Waals surface area contributed by atoms with Gasteiger partial charge in [-0.2, -0.15) is 0 Å². The summed E-state index contributed by atoms with van der Waals surface area (Å²) in [5.41, 5.74) is 1.26. The average molecular weight is 373 g/mol. The number of hydrogen-bond acceptors (Lipinski definition) is 5. The van der Waals surface area contributed by atoms with Gasteiger partial charge in [-0.25, -0.2) is 4.79 Å². The summed E-state index contributed by atoms with van der Waals surface area (Å²) < 4.78 is 16.5. The molecule has 1 aromatic heterocycles. The van der Waals surface area contributed by atoms with E-state index in [9.17, 15) is 9.59 Å². The quantitative estimate of drug-likeness (QED) is 0.723. The molecule has 146 valence electrons. The Bertz CT molecular complexity index is 802. The average Bonchev–Trinajstić information content (AvgIpc) is 3.02. The first kappa shape index (κ1) is 19.4. The Morgan fingerprint density at radius 3 is 2.59 bits per heavy atom. The number of piperidine rings is 1. The number of ether oxygens (including phenoxy) is 2. The summed E-state index contributed by atoms with van der Waals surface area (Å²) in [5, 5.41) is 0.822. The molecule has 1 amide bonds. The molecule has 0 radical (unpaired) electrons. The maximum Gasteiger partial charge on any atom is 0.375 e. The van der Waals surface area contributed by atoms with Gasteiger partial charge in [0.15, 0.2) is 6.61 Å². The molecule has 27 heavy (non-hydrogen) atoms. The predicted octanol–water partition coefficient (Wildman–Crippen LogP) is 3.63. The van der Waals surface area contributed by atoms with Crippen molar-refractivity contribution in [3.05, 3.63) is 35.6 Å². The van der Waals surface area contributed by atoms with Gasteiger partial charge in [0.05, 0.1) is 6.61 Å². The van der Waals surface area contributed by atoms with Crippen molar-refractivity contribution in [3.8, 4) is 0 Å². The lowest BCUT2D eigenvalue weighted by Gasteiger charge is -2.34. The monoisotopic (exact) mass is 373 g/mol. The van der Waals surface area contributed by atoms with E-state index in [1.54, 1.807) is 11.0 Å². The Labute approximate surface area is 159 Å². The molecule has 2 heterocycles. The molecule has 6 heteroatoms. The zero-order valence-corrected chi connectivity index (χ0v) is 16.2. The number of fused-ring (bicyclic) bond motifs is 1. The molecule has 2 atom stereocenters. The summed E-state index contributed by atoms with van der Waals surface area (Å²) in [7, 11) is 0. The van der Waals surface area contributed by atoms with Crippen molar-refractivity contribution in [2.75, 3.05) is 26.3 Å². The van der Waals surface area contributed by atoms with Crippen molar-refractivity contribution in [1.82, 2.24) is 4.90 Å². The number of carbonyl (C=O) groups excluding carboxylic acids is 2. The Morgan fingerprint density at radius 2 is 1.89 bits per heavy atom. The Kier molecular flexibility index (Phi) is 6.16. The lowest BCUT2D eigenvalue weighted by molar-refractivity contribution is -0.137. The molecule has 6 nitrogen and oxygen atoms in total. The van der Waals surface area contributed by atoms with Crippen molar-refractivity contribution in [1.29, 1.82) is 0 Å². The van der Waals surface area contributed by atoms with Gasteiger partial charge in [0.25, 0.3) is 5.91 Å². The van der Waals surface area contributed by atoms with Crippen LogP contribution in [0.1, 0.15) is 43.3 Å². The number of benzene rings is 1. The van der Waals surface area contributed by atoms with E-state index >= 15 is 0 Å². The van der Waals surface area contributed by atoms with E-state index in [1.165, 1.54) is 0 Å². The van der Waals surface area contributed by atoms with Gasteiger partial charge in [-0.05, 0) is 31.2 Å². The van der Waals surface area contributed by atoms with Crippen LogP contribution in [-0.4, -0.2) is 43.1 Å². The Morgan fingerprint density at radius 1 is 1.19 bits per heavy atom. The van der Waals surface area contributed by atoms with E-state index in [4.69, 9.17) is 13.9 Å². The van der Waals surface area contributed by atoms with E-state index in [0.29, 0.717) is 42.7 Å². The molecule has 1 saturated heterocycles. The third-order valence-electron chi connectivity index (χ3n) is 4.88. The van der Waals surface area contributed by atoms with Crippen molar-refractivity contribution in [3.63, 3.8) is 0 Å². The van der Waals surface area contributed by atoms with Gasteiger partial charge >= 0.3 is 5.97 Å². The molecule has 2 aromatic rings. The number of hydrogen-bond donors (Lipinski definition) is 0. The van der Waals surface area contributed by atoms with E-state index in [0.717, 1.165) is 11.8 Å². The third kappa shape index (κ3) is 4.50. The topological polar surface area (TPSA) is 69.0 Å². The minimum Gasteiger partial charge on any atom is -0.450 e. The van der Waals surface area contributed by atoms with Gasteiger partial charge in [-0.15, -0.1) is 0 Å². The number of carbonyl (C=O) groups is 2. The summed E-state index contributed by atoms with van der Waals surface area (Å²) >= 11 is 0. The van der Waals surface area contributed by atoms with Gasteiger partial charge < -0.3 is 18.8 Å². The fourth-order valence-electron chi connectivity index (χ4n) is 3.76. The largest absolute Gasteiger partial charge is 0.450 e. The summed E-state index contributed by atoms with van der Waals surface area (Å²) in [5.74, 6) is 0.234. The van der Waals surface area contributed by atoms with Gasteiger partial charge in [-0.3, -0.25) is 4.79 Å². The Balaban J connectivity index is 1.69. The highest BCUT2D eigenvalue weighted by molar-refractivity contribution is 5.96. The number of amides is 1. The van der Waals surface area contributed by atoms with Crippen LogP contribution in [0.4, 0.5) is 0 Å². The predicted molar refractivity (Wildman–Crippen MR) is 101 cm³/mol. The SMILES string of the molecule is CCOCc1c(C(=O)OCC(=O)N2C[C@@H](C)C[C@H](C)C2)oc2ccccc12. The number of nitrogens with zero attached hydrogens (tertiary/aromatic N) is 1. The molecule has 0 bridgehead atoms. The van der Waals surface area contributed by atoms with Gasteiger partial charge in [0.1, 0.15) is 5.58 Å². The van der Waals surface area contributed by atoms with Gasteiger partial charge in [-0.1, -0.05) is 32.0 Å². The van der Waals surface area contributed by atoms with E-state index < -0.39 is 5.97 Å². The van der Waals surface area contributed by atoms with Crippen LogP contribution >= 0.6 is 0 Å². The standard InChI is InChI=1S/C21H27NO5/c1-4-25-12-17-16-7-5-6-8-18(16)27-20(17)21(24)26-13-19(23)22-10-14(2)9-15(3)11-22/h5-8,14-15H,4,9-13H2,1-3H3/t14-,15-/m0/s1. The lowest BCUT2D eigenvalue weighted by Crippen LogP contribution is -2.44. The molecule has 1 fully saturated rings. The number of likely N-dealkylation sites (tertiary alicyclic amines) is 1. The summed E-state index contributed by atoms with van der Waals surface area (Å²) in [6, 6.07) is 7.40. The zero-order valence-electron chi connectivity index (χ0n) is 16.2. The molecular weight excluding hydrogens is 346 g/mol. The number of para-hydroxylation sites is 1. The molecule has 0 saturated carbocycles. The molecular formula is C21H27NO5. The second-order valence-corrected chi connectivity index (χ2v) is 7.36. The van der Waals surface area contributed by atoms with Crippen molar-refractivity contribution in [2.24, 2.45) is 11.8 Å². The van der Waals surface area contributed by atoms with Crippen LogP contribution < -0.4 is 0 Å². The van der Waals surface area contributed by atoms with Crippen LogP contribution in [0, 0.1) is 11.8 Å². The highest BCUT2D eigenvalue weighted by atomic mass is 16.5. The highest BCUT2D eigenvalue weighted by Crippen LogP contribution is 2.27. The molecule has 1 aromatic carbocycles. The number of rotatable bonds is 6. The highest BCUT2D eigenvalue weighted by Gasteiger charge is 2.27.